The lowest BCUT2D eigenvalue weighted by atomic mass is 9.90. The van der Waals surface area contributed by atoms with Gasteiger partial charge in [-0.1, -0.05) is 23.7 Å². The number of halogens is 4. The van der Waals surface area contributed by atoms with Gasteiger partial charge in [0.15, 0.2) is 9.84 Å². The predicted octanol–water partition coefficient (Wildman–Crippen LogP) is 5.48. The second kappa shape index (κ2) is 12.9. The van der Waals surface area contributed by atoms with Gasteiger partial charge in [0, 0.05) is 18.5 Å². The van der Waals surface area contributed by atoms with E-state index in [4.69, 9.17) is 11.6 Å². The molecule has 0 atom stereocenters. The van der Waals surface area contributed by atoms with Crippen LogP contribution >= 0.6 is 36.4 Å². The van der Waals surface area contributed by atoms with Crippen LogP contribution in [-0.2, 0) is 16.3 Å². The van der Waals surface area contributed by atoms with Gasteiger partial charge in [0.2, 0.25) is 0 Å². The molecule has 174 valence electrons. The van der Waals surface area contributed by atoms with Crippen molar-refractivity contribution in [2.45, 2.75) is 30.6 Å². The number of benzene rings is 2. The van der Waals surface area contributed by atoms with Crippen LogP contribution in [0.25, 0.3) is 0 Å². The molecule has 1 aliphatic heterocycles. The molecule has 0 aromatic heterocycles. The van der Waals surface area contributed by atoms with Gasteiger partial charge in [0.25, 0.3) is 0 Å². The summed E-state index contributed by atoms with van der Waals surface area (Å²) in [4.78, 5) is 2.87. The summed E-state index contributed by atoms with van der Waals surface area (Å²) in [6.45, 7) is 4.05. The van der Waals surface area contributed by atoms with Gasteiger partial charge >= 0.3 is 0 Å². The van der Waals surface area contributed by atoms with E-state index >= 15 is 0 Å². The van der Waals surface area contributed by atoms with Gasteiger partial charge in [-0.25, -0.2) is 12.8 Å². The molecular formula is C22H30Cl3FN2O2S. The molecule has 1 heterocycles. The van der Waals surface area contributed by atoms with Gasteiger partial charge in [0.1, 0.15) is 5.82 Å². The predicted molar refractivity (Wildman–Crippen MR) is 131 cm³/mol. The molecule has 0 radical (unpaired) electrons. The summed E-state index contributed by atoms with van der Waals surface area (Å²) >= 11 is 5.80. The fourth-order valence-electron chi connectivity index (χ4n) is 3.76. The summed E-state index contributed by atoms with van der Waals surface area (Å²) in [6.07, 6.45) is 5.59. The molecule has 0 aliphatic carbocycles. The van der Waals surface area contributed by atoms with E-state index in [0.29, 0.717) is 10.8 Å². The highest BCUT2D eigenvalue weighted by atomic mass is 35.5. The van der Waals surface area contributed by atoms with Crippen LogP contribution in [0.3, 0.4) is 0 Å². The van der Waals surface area contributed by atoms with Crippen LogP contribution in [0.1, 0.15) is 24.8 Å². The number of sulfone groups is 1. The Kier molecular flexibility index (Phi) is 11.6. The van der Waals surface area contributed by atoms with Crippen LogP contribution in [0, 0.1) is 11.7 Å². The van der Waals surface area contributed by atoms with Crippen molar-refractivity contribution in [1.29, 1.82) is 0 Å². The molecule has 3 rings (SSSR count). The summed E-state index contributed by atoms with van der Waals surface area (Å²) in [5.74, 6) is 0.251. The SMILES string of the molecule is CS(=O)(=O)c1ccc(CC2CCN(CCCNc3ccc(F)c(Cl)c3)CC2)cc1.Cl.Cl. The second-order valence-electron chi connectivity index (χ2n) is 7.81. The molecule has 0 unspecified atom stereocenters. The Bertz CT molecular complexity index is 919. The third-order valence-corrected chi connectivity index (χ3v) is 6.90. The quantitative estimate of drug-likeness (QED) is 0.477. The monoisotopic (exact) mass is 510 g/mol. The number of hydrogen-bond donors (Lipinski definition) is 1. The standard InChI is InChI=1S/C22H28ClFN2O2S.2ClH/c1-29(27,28)20-6-3-17(4-7-20)15-18-9-13-26(14-10-18)12-2-11-25-19-5-8-22(24)21(23)16-19;;/h3-8,16,18,25H,2,9-15H2,1H3;2*1H. The average Bonchev–Trinajstić information content (AvgIpc) is 2.69. The van der Waals surface area contributed by atoms with Gasteiger partial charge in [-0.2, -0.15) is 0 Å². The fraction of sp³-hybridized carbons (Fsp3) is 0.455. The molecule has 0 amide bonds. The highest BCUT2D eigenvalue weighted by Crippen LogP contribution is 2.23. The number of piperidine rings is 1. The summed E-state index contributed by atoms with van der Waals surface area (Å²) in [5.41, 5.74) is 2.05. The van der Waals surface area contributed by atoms with Crippen LogP contribution in [0.15, 0.2) is 47.4 Å². The van der Waals surface area contributed by atoms with Crippen molar-refractivity contribution in [2.24, 2.45) is 5.92 Å². The van der Waals surface area contributed by atoms with Gasteiger partial charge in [-0.05, 0) is 87.1 Å². The molecule has 0 bridgehead atoms. The topological polar surface area (TPSA) is 49.4 Å². The lowest BCUT2D eigenvalue weighted by Gasteiger charge is -2.32. The number of likely N-dealkylation sites (tertiary alicyclic amines) is 1. The van der Waals surface area contributed by atoms with E-state index in [1.807, 2.05) is 12.1 Å². The second-order valence-corrected chi connectivity index (χ2v) is 10.2. The van der Waals surface area contributed by atoms with E-state index in [1.165, 1.54) is 17.9 Å². The Morgan fingerprint density at radius 3 is 2.32 bits per heavy atom. The molecule has 0 spiro atoms. The van der Waals surface area contributed by atoms with Crippen LogP contribution in [0.5, 0.6) is 0 Å². The van der Waals surface area contributed by atoms with Gasteiger partial charge in [0.05, 0.1) is 9.92 Å². The molecule has 31 heavy (non-hydrogen) atoms. The number of nitrogens with one attached hydrogen (secondary N) is 1. The number of anilines is 1. The van der Waals surface area contributed by atoms with E-state index in [-0.39, 0.29) is 29.8 Å². The summed E-state index contributed by atoms with van der Waals surface area (Å²) < 4.78 is 36.3. The van der Waals surface area contributed by atoms with Crippen molar-refractivity contribution >= 4 is 51.9 Å². The van der Waals surface area contributed by atoms with Crippen molar-refractivity contribution in [2.75, 3.05) is 37.8 Å². The first kappa shape index (κ1) is 28.0. The Labute approximate surface area is 202 Å². The minimum Gasteiger partial charge on any atom is -0.385 e. The van der Waals surface area contributed by atoms with Crippen molar-refractivity contribution in [3.63, 3.8) is 0 Å². The first-order valence-electron chi connectivity index (χ1n) is 10.0. The third-order valence-electron chi connectivity index (χ3n) is 5.48. The largest absolute Gasteiger partial charge is 0.385 e. The van der Waals surface area contributed by atoms with E-state index in [2.05, 4.69) is 10.2 Å². The van der Waals surface area contributed by atoms with E-state index in [9.17, 15) is 12.8 Å². The number of rotatable bonds is 8. The molecule has 2 aromatic rings. The lowest BCUT2D eigenvalue weighted by Crippen LogP contribution is -2.35. The average molecular weight is 512 g/mol. The van der Waals surface area contributed by atoms with Crippen molar-refractivity contribution in [3.05, 3.63) is 58.9 Å². The first-order valence-corrected chi connectivity index (χ1v) is 12.3. The normalized spacial score (nSPS) is 15.1. The molecule has 0 saturated carbocycles. The van der Waals surface area contributed by atoms with E-state index in [0.717, 1.165) is 57.5 Å². The smallest absolute Gasteiger partial charge is 0.175 e. The summed E-state index contributed by atoms with van der Waals surface area (Å²) in [7, 11) is -3.13. The first-order chi connectivity index (χ1) is 13.8. The summed E-state index contributed by atoms with van der Waals surface area (Å²) in [6, 6.07) is 12.0. The van der Waals surface area contributed by atoms with E-state index < -0.39 is 15.7 Å². The zero-order valence-electron chi connectivity index (χ0n) is 17.5. The maximum atomic E-state index is 13.2. The molecule has 1 saturated heterocycles. The maximum absolute atomic E-state index is 13.2. The highest BCUT2D eigenvalue weighted by molar-refractivity contribution is 7.90. The Morgan fingerprint density at radius 1 is 1.10 bits per heavy atom. The number of nitrogens with zero attached hydrogens (tertiary/aromatic N) is 1. The van der Waals surface area contributed by atoms with Gasteiger partial charge < -0.3 is 10.2 Å². The van der Waals surface area contributed by atoms with Crippen LogP contribution in [0.4, 0.5) is 10.1 Å². The molecule has 4 nitrogen and oxygen atoms in total. The lowest BCUT2D eigenvalue weighted by molar-refractivity contribution is 0.183. The maximum Gasteiger partial charge on any atom is 0.175 e. The molecule has 1 aliphatic rings. The molecule has 1 fully saturated rings. The van der Waals surface area contributed by atoms with Crippen molar-refractivity contribution < 1.29 is 12.8 Å². The molecule has 1 N–H and O–H groups in total. The van der Waals surface area contributed by atoms with Crippen molar-refractivity contribution in [3.8, 4) is 0 Å². The zero-order chi connectivity index (χ0) is 20.9. The van der Waals surface area contributed by atoms with Crippen LogP contribution in [-0.4, -0.2) is 45.8 Å². The Balaban J connectivity index is 0.00000240. The van der Waals surface area contributed by atoms with Crippen LogP contribution in [0.2, 0.25) is 5.02 Å². The molecular weight excluding hydrogens is 482 g/mol. The Hall–Kier alpha value is -1.05. The van der Waals surface area contributed by atoms with Crippen molar-refractivity contribution in [1.82, 2.24) is 4.90 Å². The third kappa shape index (κ3) is 8.78. The Morgan fingerprint density at radius 2 is 1.74 bits per heavy atom. The minimum atomic E-state index is -3.13. The zero-order valence-corrected chi connectivity index (χ0v) is 20.7. The van der Waals surface area contributed by atoms with Crippen LogP contribution < -0.4 is 5.32 Å². The molecule has 9 heteroatoms. The fourth-order valence-corrected chi connectivity index (χ4v) is 4.57. The van der Waals surface area contributed by atoms with Gasteiger partial charge in [-0.3, -0.25) is 0 Å². The van der Waals surface area contributed by atoms with E-state index in [1.54, 1.807) is 24.3 Å². The van der Waals surface area contributed by atoms with Gasteiger partial charge in [-0.15, -0.1) is 24.8 Å². The minimum absolute atomic E-state index is 0. The summed E-state index contributed by atoms with van der Waals surface area (Å²) in [5, 5.41) is 3.43. The number of hydrogen-bond acceptors (Lipinski definition) is 4. The molecule has 2 aromatic carbocycles. The highest BCUT2D eigenvalue weighted by Gasteiger charge is 2.19.